The monoisotopic (exact) mass is 491 g/mol. The Balaban J connectivity index is 1.34. The molecule has 1 aliphatic carbocycles. The van der Waals surface area contributed by atoms with Gasteiger partial charge in [0, 0.05) is 12.3 Å². The lowest BCUT2D eigenvalue weighted by Crippen LogP contribution is -2.39. The highest BCUT2D eigenvalue weighted by molar-refractivity contribution is 5.80. The first-order valence-corrected chi connectivity index (χ1v) is 13.0. The summed E-state index contributed by atoms with van der Waals surface area (Å²) in [6.45, 7) is 0. The van der Waals surface area contributed by atoms with E-state index in [9.17, 15) is 15.0 Å². The summed E-state index contributed by atoms with van der Waals surface area (Å²) in [5.41, 5.74) is 6.35. The maximum Gasteiger partial charge on any atom is 0.224 e. The van der Waals surface area contributed by atoms with E-state index >= 15 is 0 Å². The molecule has 0 saturated heterocycles. The number of hydrogen-bond acceptors (Lipinski definition) is 3. The lowest BCUT2D eigenvalue weighted by atomic mass is 9.88. The lowest BCUT2D eigenvalue weighted by Gasteiger charge is -2.25. The van der Waals surface area contributed by atoms with Crippen molar-refractivity contribution >= 4 is 5.91 Å². The Bertz CT molecular complexity index is 1320. The second-order valence-corrected chi connectivity index (χ2v) is 9.96. The highest BCUT2D eigenvalue weighted by Crippen LogP contribution is 2.32. The number of benzene rings is 4. The molecule has 0 unspecified atom stereocenters. The van der Waals surface area contributed by atoms with Crippen molar-refractivity contribution in [1.29, 1.82) is 0 Å². The number of nitrogens with one attached hydrogen (secondary N) is 1. The molecular weight excluding hydrogens is 458 g/mol. The van der Waals surface area contributed by atoms with Crippen LogP contribution in [0, 0.1) is 5.92 Å². The third-order valence-electron chi connectivity index (χ3n) is 7.31. The number of fused-ring (bicyclic) bond motifs is 1. The van der Waals surface area contributed by atoms with Gasteiger partial charge in [0.05, 0.1) is 18.2 Å². The van der Waals surface area contributed by atoms with Crippen LogP contribution in [-0.4, -0.2) is 28.3 Å². The summed E-state index contributed by atoms with van der Waals surface area (Å²) < 4.78 is 0. The van der Waals surface area contributed by atoms with Crippen LogP contribution in [-0.2, 0) is 24.1 Å². The standard InChI is InChI=1S/C33H33NO3/c35-28(20-25-15-7-9-17-29(25)24-13-5-2-6-14-24)21-27(19-23-11-3-1-4-12-23)33(37)34-32-30-18-10-8-16-26(30)22-31(32)36/h1-18,27-28,31-32,35-36H,19-22H2,(H,34,37)/t27-,28-,31+,32-/m0/s1. The SMILES string of the molecule is O=C(N[C@H]1c2ccccc2C[C@H]1O)[C@@H](Cc1ccccc1)C[C@@H](O)Cc1ccccc1-c1ccccc1. The largest absolute Gasteiger partial charge is 0.393 e. The molecule has 1 aliphatic rings. The van der Waals surface area contributed by atoms with Gasteiger partial charge >= 0.3 is 0 Å². The molecule has 37 heavy (non-hydrogen) atoms. The first kappa shape index (κ1) is 24.9. The number of rotatable bonds is 9. The van der Waals surface area contributed by atoms with E-state index in [1.807, 2.05) is 91.0 Å². The Hall–Kier alpha value is -3.73. The number of aliphatic hydroxyl groups excluding tert-OH is 2. The minimum Gasteiger partial charge on any atom is -0.393 e. The minimum atomic E-state index is -0.690. The topological polar surface area (TPSA) is 69.6 Å². The van der Waals surface area contributed by atoms with Crippen molar-refractivity contribution in [3.63, 3.8) is 0 Å². The maximum absolute atomic E-state index is 13.6. The zero-order chi connectivity index (χ0) is 25.6. The molecular formula is C33H33NO3. The predicted molar refractivity (Wildman–Crippen MR) is 147 cm³/mol. The van der Waals surface area contributed by atoms with Crippen LogP contribution >= 0.6 is 0 Å². The van der Waals surface area contributed by atoms with Gasteiger partial charge in [-0.2, -0.15) is 0 Å². The molecule has 4 heteroatoms. The highest BCUT2D eigenvalue weighted by Gasteiger charge is 2.34. The fourth-order valence-electron chi connectivity index (χ4n) is 5.46. The summed E-state index contributed by atoms with van der Waals surface area (Å²) in [7, 11) is 0. The third kappa shape index (κ3) is 5.99. The van der Waals surface area contributed by atoms with Crippen LogP contribution in [0.3, 0.4) is 0 Å². The van der Waals surface area contributed by atoms with Crippen molar-refractivity contribution in [2.45, 2.75) is 43.9 Å². The number of carbonyl (C=O) groups excluding carboxylic acids is 1. The lowest BCUT2D eigenvalue weighted by molar-refractivity contribution is -0.127. The van der Waals surface area contributed by atoms with Gasteiger partial charge in [0.25, 0.3) is 0 Å². The van der Waals surface area contributed by atoms with Gasteiger partial charge in [-0.3, -0.25) is 4.79 Å². The van der Waals surface area contributed by atoms with E-state index < -0.39 is 24.2 Å². The molecule has 1 amide bonds. The summed E-state index contributed by atoms with van der Waals surface area (Å²) >= 11 is 0. The molecule has 188 valence electrons. The Labute approximate surface area is 218 Å². The zero-order valence-corrected chi connectivity index (χ0v) is 20.8. The highest BCUT2D eigenvalue weighted by atomic mass is 16.3. The Morgan fingerprint density at radius 2 is 1.46 bits per heavy atom. The van der Waals surface area contributed by atoms with Crippen molar-refractivity contribution in [3.8, 4) is 11.1 Å². The van der Waals surface area contributed by atoms with Gasteiger partial charge in [-0.05, 0) is 52.6 Å². The molecule has 0 fully saturated rings. The number of carbonyl (C=O) groups is 1. The minimum absolute atomic E-state index is 0.139. The molecule has 0 bridgehead atoms. The fraction of sp³-hybridized carbons (Fsp3) is 0.242. The molecule has 4 nitrogen and oxygen atoms in total. The van der Waals surface area contributed by atoms with Crippen LogP contribution in [0.5, 0.6) is 0 Å². The smallest absolute Gasteiger partial charge is 0.224 e. The molecule has 0 radical (unpaired) electrons. The maximum atomic E-state index is 13.6. The summed E-state index contributed by atoms with van der Waals surface area (Å²) in [5, 5.41) is 25.0. The number of amides is 1. The molecule has 0 heterocycles. The molecule has 0 saturated carbocycles. The van der Waals surface area contributed by atoms with Crippen molar-refractivity contribution in [3.05, 3.63) is 131 Å². The van der Waals surface area contributed by atoms with Gasteiger partial charge in [0.15, 0.2) is 0 Å². The van der Waals surface area contributed by atoms with Crippen LogP contribution in [0.15, 0.2) is 109 Å². The van der Waals surface area contributed by atoms with Crippen LogP contribution in [0.4, 0.5) is 0 Å². The van der Waals surface area contributed by atoms with Crippen LogP contribution in [0.25, 0.3) is 11.1 Å². The van der Waals surface area contributed by atoms with Gasteiger partial charge in [0.1, 0.15) is 0 Å². The number of hydrogen-bond donors (Lipinski definition) is 3. The fourth-order valence-corrected chi connectivity index (χ4v) is 5.46. The van der Waals surface area contributed by atoms with E-state index in [1.165, 1.54) is 0 Å². The molecule has 0 spiro atoms. The van der Waals surface area contributed by atoms with Gasteiger partial charge in [-0.25, -0.2) is 0 Å². The van der Waals surface area contributed by atoms with E-state index in [4.69, 9.17) is 0 Å². The summed E-state index contributed by atoms with van der Waals surface area (Å²) in [5.74, 6) is -0.568. The van der Waals surface area contributed by atoms with Crippen molar-refractivity contribution in [1.82, 2.24) is 5.32 Å². The molecule has 0 aromatic heterocycles. The Morgan fingerprint density at radius 1 is 0.811 bits per heavy atom. The van der Waals surface area contributed by atoms with Crippen LogP contribution < -0.4 is 5.32 Å². The van der Waals surface area contributed by atoms with E-state index in [2.05, 4.69) is 23.5 Å². The zero-order valence-electron chi connectivity index (χ0n) is 20.8. The molecule has 4 aromatic rings. The predicted octanol–water partition coefficient (Wildman–Crippen LogP) is 5.28. The molecule has 5 rings (SSSR count). The molecule has 0 aliphatic heterocycles. The quantitative estimate of drug-likeness (QED) is 0.298. The van der Waals surface area contributed by atoms with Crippen molar-refractivity contribution in [2.24, 2.45) is 5.92 Å². The van der Waals surface area contributed by atoms with E-state index in [-0.39, 0.29) is 5.91 Å². The van der Waals surface area contributed by atoms with Gasteiger partial charge in [0.2, 0.25) is 5.91 Å². The van der Waals surface area contributed by atoms with E-state index in [0.717, 1.165) is 33.4 Å². The second-order valence-electron chi connectivity index (χ2n) is 9.96. The van der Waals surface area contributed by atoms with Crippen molar-refractivity contribution in [2.75, 3.05) is 0 Å². The van der Waals surface area contributed by atoms with Crippen LogP contribution in [0.1, 0.15) is 34.7 Å². The molecule has 3 N–H and O–H groups in total. The first-order valence-electron chi connectivity index (χ1n) is 13.0. The van der Waals surface area contributed by atoms with Crippen molar-refractivity contribution < 1.29 is 15.0 Å². The average Bonchev–Trinajstić information content (AvgIpc) is 3.24. The van der Waals surface area contributed by atoms with Crippen LogP contribution in [0.2, 0.25) is 0 Å². The number of aliphatic hydroxyl groups is 2. The summed E-state index contributed by atoms with van der Waals surface area (Å²) in [4.78, 5) is 13.6. The first-order chi connectivity index (χ1) is 18.1. The summed E-state index contributed by atoms with van der Waals surface area (Å²) in [6.07, 6.45) is 0.497. The Morgan fingerprint density at radius 3 is 2.24 bits per heavy atom. The third-order valence-corrected chi connectivity index (χ3v) is 7.31. The average molecular weight is 492 g/mol. The van der Waals surface area contributed by atoms with E-state index in [1.54, 1.807) is 0 Å². The molecule has 4 aromatic carbocycles. The second kappa shape index (κ2) is 11.5. The van der Waals surface area contributed by atoms with E-state index in [0.29, 0.717) is 25.7 Å². The molecule has 4 atom stereocenters. The van der Waals surface area contributed by atoms with Gasteiger partial charge in [-0.1, -0.05) is 109 Å². The van der Waals surface area contributed by atoms with Gasteiger partial charge in [-0.15, -0.1) is 0 Å². The Kier molecular flexibility index (Phi) is 7.79. The van der Waals surface area contributed by atoms with Gasteiger partial charge < -0.3 is 15.5 Å². The summed E-state index contributed by atoms with van der Waals surface area (Å²) in [6, 6.07) is 35.6. The normalized spacial score (nSPS) is 18.1.